The first kappa shape index (κ1) is 37.3. The highest BCUT2D eigenvalue weighted by Gasteiger charge is 2.28. The minimum Gasteiger partial charge on any atom is -0.469 e. The van der Waals surface area contributed by atoms with Crippen molar-refractivity contribution in [2.45, 2.75) is 59.1 Å². The second kappa shape index (κ2) is 15.7. The van der Waals surface area contributed by atoms with Crippen LogP contribution in [0.25, 0.3) is 21.3 Å². The molecule has 10 nitrogen and oxygen atoms in total. The van der Waals surface area contributed by atoms with Gasteiger partial charge in [-0.25, -0.2) is 14.8 Å². The third kappa shape index (κ3) is 8.52. The predicted molar refractivity (Wildman–Crippen MR) is 215 cm³/mol. The van der Waals surface area contributed by atoms with Gasteiger partial charge in [-0.05, 0) is 117 Å². The fourth-order valence-electron chi connectivity index (χ4n) is 6.62. The van der Waals surface area contributed by atoms with Crippen LogP contribution in [0.2, 0.25) is 0 Å². The zero-order valence-electron chi connectivity index (χ0n) is 31.5. The van der Waals surface area contributed by atoms with E-state index in [9.17, 15) is 14.4 Å². The Morgan fingerprint density at radius 3 is 2.42 bits per heavy atom. The molecule has 7 rings (SSSR count). The molecule has 0 radical (unpaired) electrons. The van der Waals surface area contributed by atoms with E-state index in [0.717, 1.165) is 38.0 Å². The summed E-state index contributed by atoms with van der Waals surface area (Å²) in [4.78, 5) is 50.8. The minimum atomic E-state index is -0.745. The highest BCUT2D eigenvalue weighted by atomic mass is 32.1. The van der Waals surface area contributed by atoms with E-state index in [1.165, 1.54) is 18.4 Å². The number of hydrogen-bond acceptors (Lipinski definition) is 10. The summed E-state index contributed by atoms with van der Waals surface area (Å²) in [5.74, 6) is 0.866. The summed E-state index contributed by atoms with van der Waals surface area (Å²) in [6.07, 6.45) is 1.58. The summed E-state index contributed by atoms with van der Waals surface area (Å²) in [5, 5.41) is 3.56. The van der Waals surface area contributed by atoms with Gasteiger partial charge in [-0.1, -0.05) is 59.9 Å². The lowest BCUT2D eigenvalue weighted by molar-refractivity contribution is -0.140. The number of para-hydroxylation sites is 1. The quantitative estimate of drug-likeness (QED) is 0.137. The SMILES string of the molecule is COC(=O)CCc1ccc(Oc2cccc(-c3ccc(N4CCc5cccc(C(=O)Nc6nc7ccccc7s6)c5C4)nc3C(=O)OC(C)(C)C)c2C)cc1. The molecule has 0 bridgehead atoms. The van der Waals surface area contributed by atoms with Gasteiger partial charge < -0.3 is 19.1 Å². The van der Waals surface area contributed by atoms with Crippen LogP contribution in [0.1, 0.15) is 70.3 Å². The zero-order valence-corrected chi connectivity index (χ0v) is 32.3. The smallest absolute Gasteiger partial charge is 0.358 e. The number of aryl methyl sites for hydroxylation is 1. The van der Waals surface area contributed by atoms with Gasteiger partial charge >= 0.3 is 11.9 Å². The molecule has 0 aliphatic carbocycles. The normalized spacial score (nSPS) is 12.6. The van der Waals surface area contributed by atoms with E-state index in [1.807, 2.05) is 119 Å². The number of esters is 2. The number of thiazole rings is 1. The first-order valence-corrected chi connectivity index (χ1v) is 19.0. The number of nitrogens with one attached hydrogen (secondary N) is 1. The molecule has 1 amide bonds. The Balaban J connectivity index is 1.16. The minimum absolute atomic E-state index is 0.190. The van der Waals surface area contributed by atoms with Crippen LogP contribution in [0.4, 0.5) is 10.9 Å². The lowest BCUT2D eigenvalue weighted by Crippen LogP contribution is -2.33. The van der Waals surface area contributed by atoms with Crippen LogP contribution < -0.4 is 15.0 Å². The van der Waals surface area contributed by atoms with E-state index in [1.54, 1.807) is 0 Å². The molecule has 1 N–H and O–H groups in total. The van der Waals surface area contributed by atoms with Crippen molar-refractivity contribution >= 4 is 50.3 Å². The number of anilines is 2. The van der Waals surface area contributed by atoms with E-state index in [4.69, 9.17) is 19.2 Å². The van der Waals surface area contributed by atoms with Gasteiger partial charge in [0.1, 0.15) is 22.9 Å². The van der Waals surface area contributed by atoms with Crippen molar-refractivity contribution < 1.29 is 28.6 Å². The fraction of sp³-hybridized carbons (Fsp3) is 0.250. The number of methoxy groups -OCH3 is 1. The molecular formula is C44H42N4O6S. The number of aromatic nitrogens is 2. The number of carbonyl (C=O) groups is 3. The Morgan fingerprint density at radius 1 is 0.873 bits per heavy atom. The lowest BCUT2D eigenvalue weighted by Gasteiger charge is -2.31. The van der Waals surface area contributed by atoms with Gasteiger partial charge in [-0.3, -0.25) is 14.9 Å². The summed E-state index contributed by atoms with van der Waals surface area (Å²) >= 11 is 1.44. The van der Waals surface area contributed by atoms with Crippen molar-refractivity contribution in [1.82, 2.24) is 9.97 Å². The van der Waals surface area contributed by atoms with Crippen LogP contribution in [-0.4, -0.2) is 47.1 Å². The first-order chi connectivity index (χ1) is 26.5. The fourth-order valence-corrected chi connectivity index (χ4v) is 7.48. The second-order valence-corrected chi connectivity index (χ2v) is 15.4. The maximum Gasteiger partial charge on any atom is 0.358 e. The number of ether oxygens (including phenoxy) is 3. The Bertz CT molecular complexity index is 2370. The van der Waals surface area contributed by atoms with Crippen molar-refractivity contribution in [3.63, 3.8) is 0 Å². The van der Waals surface area contributed by atoms with Gasteiger partial charge in [0.05, 0.1) is 17.3 Å². The van der Waals surface area contributed by atoms with Gasteiger partial charge in [-0.2, -0.15) is 0 Å². The molecule has 55 heavy (non-hydrogen) atoms. The molecule has 2 aromatic heterocycles. The van der Waals surface area contributed by atoms with E-state index in [-0.39, 0.29) is 17.6 Å². The Morgan fingerprint density at radius 2 is 1.65 bits per heavy atom. The van der Waals surface area contributed by atoms with Crippen molar-refractivity contribution in [3.05, 3.63) is 131 Å². The number of hydrogen-bond donors (Lipinski definition) is 1. The number of pyridine rings is 1. The Labute approximate surface area is 324 Å². The van der Waals surface area contributed by atoms with Gasteiger partial charge in [0.25, 0.3) is 5.91 Å². The number of fused-ring (bicyclic) bond motifs is 2. The topological polar surface area (TPSA) is 120 Å². The summed E-state index contributed by atoms with van der Waals surface area (Å²) < 4.78 is 18.0. The molecule has 1 aliphatic heterocycles. The summed E-state index contributed by atoms with van der Waals surface area (Å²) in [6.45, 7) is 8.53. The molecule has 280 valence electrons. The molecule has 0 fully saturated rings. The Hall–Kier alpha value is -6.07. The first-order valence-electron chi connectivity index (χ1n) is 18.2. The number of benzene rings is 4. The average Bonchev–Trinajstić information content (AvgIpc) is 3.59. The molecule has 0 saturated heterocycles. The molecule has 4 aromatic carbocycles. The summed E-state index contributed by atoms with van der Waals surface area (Å²) in [6, 6.07) is 30.7. The summed E-state index contributed by atoms with van der Waals surface area (Å²) in [7, 11) is 1.38. The van der Waals surface area contributed by atoms with Gasteiger partial charge in [0.15, 0.2) is 10.8 Å². The maximum absolute atomic E-state index is 13.9. The van der Waals surface area contributed by atoms with Crippen molar-refractivity contribution in [1.29, 1.82) is 0 Å². The van der Waals surface area contributed by atoms with Crippen LogP contribution >= 0.6 is 11.3 Å². The maximum atomic E-state index is 13.9. The molecular weight excluding hydrogens is 713 g/mol. The van der Waals surface area contributed by atoms with Crippen LogP contribution in [-0.2, 0) is 33.7 Å². The standard InChI is InChI=1S/C44H42N4O6S/c1-27-31(11-9-14-36(27)53-30-19-16-28(17-20-30)18-23-39(49)52-5)32-21-22-38(46-40(32)42(51)54-44(2,3)4)48-25-24-29-10-8-12-33(34(29)26-48)41(50)47-43-45-35-13-6-7-15-37(35)55-43/h6-17,19-22H,18,23-26H2,1-5H3,(H,45,47,50). The average molecular weight is 755 g/mol. The number of nitrogens with zero attached hydrogens (tertiary/aromatic N) is 3. The van der Waals surface area contributed by atoms with Crippen LogP contribution in [0.5, 0.6) is 11.5 Å². The largest absolute Gasteiger partial charge is 0.469 e. The number of amides is 1. The number of rotatable bonds is 10. The van der Waals surface area contributed by atoms with E-state index >= 15 is 0 Å². The van der Waals surface area contributed by atoms with E-state index in [2.05, 4.69) is 21.3 Å². The molecule has 3 heterocycles. The van der Waals surface area contributed by atoms with Gasteiger partial charge in [-0.15, -0.1) is 0 Å². The third-order valence-electron chi connectivity index (χ3n) is 9.40. The summed E-state index contributed by atoms with van der Waals surface area (Å²) in [5.41, 5.74) is 6.10. The van der Waals surface area contributed by atoms with Crippen molar-refractivity contribution in [3.8, 4) is 22.6 Å². The highest BCUT2D eigenvalue weighted by molar-refractivity contribution is 7.22. The van der Waals surface area contributed by atoms with Gasteiger partial charge in [0.2, 0.25) is 0 Å². The van der Waals surface area contributed by atoms with E-state index < -0.39 is 11.6 Å². The van der Waals surface area contributed by atoms with Crippen LogP contribution in [0, 0.1) is 6.92 Å². The zero-order chi connectivity index (χ0) is 38.7. The number of carbonyl (C=O) groups excluding carboxylic acids is 3. The monoisotopic (exact) mass is 754 g/mol. The molecule has 6 aromatic rings. The highest BCUT2D eigenvalue weighted by Crippen LogP contribution is 2.37. The Kier molecular flexibility index (Phi) is 10.7. The second-order valence-electron chi connectivity index (χ2n) is 14.4. The van der Waals surface area contributed by atoms with Crippen molar-refractivity contribution in [2.75, 3.05) is 23.9 Å². The van der Waals surface area contributed by atoms with Crippen molar-refractivity contribution in [2.24, 2.45) is 0 Å². The lowest BCUT2D eigenvalue weighted by atomic mass is 9.94. The van der Waals surface area contributed by atoms with Crippen LogP contribution in [0.15, 0.2) is 97.1 Å². The third-order valence-corrected chi connectivity index (χ3v) is 10.4. The molecule has 11 heteroatoms. The molecule has 1 aliphatic rings. The molecule has 0 spiro atoms. The molecule has 0 atom stereocenters. The molecule has 0 unspecified atom stereocenters. The van der Waals surface area contributed by atoms with E-state index in [0.29, 0.717) is 65.9 Å². The molecule has 0 saturated carbocycles. The predicted octanol–water partition coefficient (Wildman–Crippen LogP) is 9.33. The van der Waals surface area contributed by atoms with Crippen LogP contribution in [0.3, 0.4) is 0 Å². The van der Waals surface area contributed by atoms with Gasteiger partial charge in [0, 0.05) is 30.6 Å².